The van der Waals surface area contributed by atoms with Crippen LogP contribution in [-0.2, 0) is 4.79 Å². The van der Waals surface area contributed by atoms with E-state index >= 15 is 0 Å². The maximum atomic E-state index is 10.5. The monoisotopic (exact) mass is 191 g/mol. The van der Waals surface area contributed by atoms with E-state index in [9.17, 15) is 14.9 Å². The lowest BCUT2D eigenvalue weighted by atomic mass is 10.3. The van der Waals surface area contributed by atoms with Crippen molar-refractivity contribution in [2.75, 3.05) is 7.05 Å². The van der Waals surface area contributed by atoms with Crippen LogP contribution in [-0.4, -0.2) is 23.4 Å². The van der Waals surface area contributed by atoms with Gasteiger partial charge in [-0.15, -0.1) is 0 Å². The van der Waals surface area contributed by atoms with Crippen molar-refractivity contribution in [3.8, 4) is 0 Å². The summed E-state index contributed by atoms with van der Waals surface area (Å²) in [7, 11) is 1.31. The second-order valence-electron chi connectivity index (χ2n) is 1.69. The fraction of sp³-hybridized carbons (Fsp3) is 0.200. The van der Waals surface area contributed by atoms with Gasteiger partial charge in [0.05, 0.1) is 11.1 Å². The zero-order valence-electron chi connectivity index (χ0n) is 6.13. The lowest BCUT2D eigenvalue weighted by molar-refractivity contribution is -0.415. The molecule has 0 aliphatic heterocycles. The summed E-state index contributed by atoms with van der Waals surface area (Å²) >= 11 is 4.99. The third kappa shape index (κ3) is 2.31. The van der Waals surface area contributed by atoms with Crippen LogP contribution in [0.15, 0.2) is 11.4 Å². The van der Waals surface area contributed by atoms with Crippen LogP contribution < -0.4 is 5.32 Å². The summed E-state index contributed by atoms with van der Waals surface area (Å²) in [6, 6.07) is 0. The molecule has 0 saturated heterocycles. The van der Waals surface area contributed by atoms with Crippen LogP contribution in [0.2, 0.25) is 0 Å². The molecule has 0 unspecified atom stereocenters. The third-order valence-corrected chi connectivity index (χ3v) is 1.23. The summed E-state index contributed by atoms with van der Waals surface area (Å²) in [6.07, 6.45) is 0.451. The quantitative estimate of drug-likeness (QED) is 0.217. The number of carbonyl (C=O) groups is 1. The molecule has 0 rings (SSSR count). The molecular weight excluding hydrogens is 186 g/mol. The van der Waals surface area contributed by atoms with Crippen molar-refractivity contribution in [2.24, 2.45) is 0 Å². The predicted octanol–water partition coefficient (Wildman–Crippen LogP) is 0.109. The van der Waals surface area contributed by atoms with Gasteiger partial charge in [-0.2, -0.15) is 0 Å². The van der Waals surface area contributed by atoms with E-state index in [0.717, 1.165) is 0 Å². The van der Waals surface area contributed by atoms with Gasteiger partial charge in [0.25, 0.3) is 5.24 Å². The van der Waals surface area contributed by atoms with Crippen molar-refractivity contribution in [1.29, 1.82) is 5.41 Å². The highest BCUT2D eigenvalue weighted by Gasteiger charge is 2.19. The van der Waals surface area contributed by atoms with Gasteiger partial charge in [0.1, 0.15) is 0 Å². The van der Waals surface area contributed by atoms with E-state index in [1.54, 1.807) is 0 Å². The van der Waals surface area contributed by atoms with E-state index in [-0.39, 0.29) is 0 Å². The lowest BCUT2D eigenvalue weighted by Gasteiger charge is -1.98. The highest BCUT2D eigenvalue weighted by molar-refractivity contribution is 6.67. The minimum Gasteiger partial charge on any atom is -0.379 e. The Bertz CT molecular complexity index is 261. The van der Waals surface area contributed by atoms with Crippen LogP contribution in [0.25, 0.3) is 0 Å². The Kier molecular flexibility index (Phi) is 3.92. The molecular formula is C5H6ClN3O3. The molecule has 66 valence electrons. The summed E-state index contributed by atoms with van der Waals surface area (Å²) in [5, 5.41) is 18.1. The van der Waals surface area contributed by atoms with E-state index < -0.39 is 21.6 Å². The van der Waals surface area contributed by atoms with Crippen LogP contribution in [0.3, 0.4) is 0 Å². The maximum absolute atomic E-state index is 10.5. The van der Waals surface area contributed by atoms with Crippen LogP contribution in [0.5, 0.6) is 0 Å². The second kappa shape index (κ2) is 4.45. The average molecular weight is 192 g/mol. The van der Waals surface area contributed by atoms with E-state index in [2.05, 4.69) is 5.32 Å². The van der Waals surface area contributed by atoms with Crippen LogP contribution in [0.4, 0.5) is 0 Å². The number of carbonyl (C=O) groups excluding carboxylic acids is 1. The zero-order chi connectivity index (χ0) is 9.72. The second-order valence-corrected chi connectivity index (χ2v) is 2.03. The van der Waals surface area contributed by atoms with Gasteiger partial charge < -0.3 is 10.7 Å². The molecule has 0 radical (unpaired) electrons. The first-order valence-corrected chi connectivity index (χ1v) is 3.19. The highest BCUT2D eigenvalue weighted by atomic mass is 35.5. The molecule has 12 heavy (non-hydrogen) atoms. The molecule has 0 aromatic rings. The number of hydrogen-bond donors (Lipinski definition) is 2. The molecule has 0 saturated carbocycles. The standard InChI is InChI=1S/C5H6ClN3O3/c1-8-4(5(6)10)3(2-7)9(11)12/h2,7-8H,1H3/b4-3+,7-2?. The summed E-state index contributed by atoms with van der Waals surface area (Å²) in [6.45, 7) is 0. The molecule has 0 amide bonds. The van der Waals surface area contributed by atoms with Crippen molar-refractivity contribution in [3.63, 3.8) is 0 Å². The van der Waals surface area contributed by atoms with Crippen LogP contribution in [0, 0.1) is 15.5 Å². The Hall–Kier alpha value is -1.43. The lowest BCUT2D eigenvalue weighted by Crippen LogP contribution is -2.19. The summed E-state index contributed by atoms with van der Waals surface area (Å²) in [5.74, 6) is 0. The average Bonchev–Trinajstić information content (AvgIpc) is 1.98. The number of allylic oxidation sites excluding steroid dienone is 2. The molecule has 0 aliphatic carbocycles. The fourth-order valence-corrected chi connectivity index (χ4v) is 0.735. The first kappa shape index (κ1) is 10.6. The maximum Gasteiger partial charge on any atom is 0.314 e. The van der Waals surface area contributed by atoms with Gasteiger partial charge in [-0.05, 0) is 11.6 Å². The Morgan fingerprint density at radius 2 is 2.25 bits per heavy atom. The molecule has 0 aromatic heterocycles. The Labute approximate surface area is 72.9 Å². The molecule has 0 aromatic carbocycles. The van der Waals surface area contributed by atoms with Crippen molar-refractivity contribution >= 4 is 23.1 Å². The Morgan fingerprint density at radius 1 is 1.75 bits per heavy atom. The number of nitro groups is 1. The molecule has 0 spiro atoms. The van der Waals surface area contributed by atoms with E-state index in [0.29, 0.717) is 6.21 Å². The molecule has 6 nitrogen and oxygen atoms in total. The third-order valence-electron chi connectivity index (χ3n) is 1.04. The van der Waals surface area contributed by atoms with Crippen molar-refractivity contribution in [2.45, 2.75) is 0 Å². The van der Waals surface area contributed by atoms with Gasteiger partial charge in [-0.3, -0.25) is 14.9 Å². The number of halogens is 1. The SMILES string of the molecule is CN/C(C(=O)Cl)=C(\C=N)[N+](=O)[O-]. The fourth-order valence-electron chi connectivity index (χ4n) is 0.543. The summed E-state index contributed by atoms with van der Waals surface area (Å²) < 4.78 is 0. The van der Waals surface area contributed by atoms with E-state index in [4.69, 9.17) is 17.0 Å². The highest BCUT2D eigenvalue weighted by Crippen LogP contribution is 2.03. The zero-order valence-corrected chi connectivity index (χ0v) is 6.88. The predicted molar refractivity (Wildman–Crippen MR) is 42.7 cm³/mol. The first-order valence-electron chi connectivity index (χ1n) is 2.81. The molecule has 0 aliphatic rings. The minimum absolute atomic E-state index is 0.392. The summed E-state index contributed by atoms with van der Waals surface area (Å²) in [5.41, 5.74) is -1.05. The van der Waals surface area contributed by atoms with Gasteiger partial charge in [0, 0.05) is 7.05 Å². The molecule has 0 atom stereocenters. The van der Waals surface area contributed by atoms with Crippen molar-refractivity contribution < 1.29 is 9.72 Å². The normalized spacial score (nSPS) is 11.5. The van der Waals surface area contributed by atoms with Crippen LogP contribution in [0.1, 0.15) is 0 Å². The van der Waals surface area contributed by atoms with Crippen molar-refractivity contribution in [1.82, 2.24) is 5.32 Å². The van der Waals surface area contributed by atoms with Gasteiger partial charge in [-0.1, -0.05) is 0 Å². The number of nitrogens with one attached hydrogen (secondary N) is 2. The van der Waals surface area contributed by atoms with Gasteiger partial charge in [0.15, 0.2) is 5.70 Å². The summed E-state index contributed by atoms with van der Waals surface area (Å²) in [4.78, 5) is 19.8. The molecule has 0 heterocycles. The van der Waals surface area contributed by atoms with Crippen LogP contribution >= 0.6 is 11.6 Å². The smallest absolute Gasteiger partial charge is 0.314 e. The molecule has 7 heteroatoms. The topological polar surface area (TPSA) is 96.1 Å². The van der Waals surface area contributed by atoms with Gasteiger partial charge in [-0.25, -0.2) is 0 Å². The number of hydrogen-bond acceptors (Lipinski definition) is 5. The van der Waals surface area contributed by atoms with E-state index in [1.165, 1.54) is 7.05 Å². The van der Waals surface area contributed by atoms with Crippen molar-refractivity contribution in [3.05, 3.63) is 21.5 Å². The number of rotatable bonds is 4. The van der Waals surface area contributed by atoms with Gasteiger partial charge in [0.2, 0.25) is 0 Å². The van der Waals surface area contributed by atoms with E-state index in [1.807, 2.05) is 0 Å². The Morgan fingerprint density at radius 3 is 2.33 bits per heavy atom. The molecule has 2 N–H and O–H groups in total. The molecule has 0 bridgehead atoms. The number of likely N-dealkylation sites (N-methyl/N-ethyl adjacent to an activating group) is 1. The van der Waals surface area contributed by atoms with Gasteiger partial charge >= 0.3 is 5.70 Å². The first-order chi connectivity index (χ1) is 5.54. The number of nitrogens with zero attached hydrogens (tertiary/aromatic N) is 1. The molecule has 0 fully saturated rings. The minimum atomic E-state index is -0.993. The largest absolute Gasteiger partial charge is 0.379 e. The Balaban J connectivity index is 5.15.